The van der Waals surface area contributed by atoms with Crippen molar-refractivity contribution in [3.8, 4) is 11.5 Å². The number of hydrazine groups is 1. The van der Waals surface area contributed by atoms with Crippen molar-refractivity contribution >= 4 is 22.6 Å². The highest BCUT2D eigenvalue weighted by Gasteiger charge is 2.13. The van der Waals surface area contributed by atoms with Crippen molar-refractivity contribution < 1.29 is 19.1 Å². The molecular formula is C22H22N2O4. The van der Waals surface area contributed by atoms with Gasteiger partial charge in [-0.05, 0) is 41.5 Å². The van der Waals surface area contributed by atoms with E-state index >= 15 is 0 Å². The molecule has 0 atom stereocenters. The summed E-state index contributed by atoms with van der Waals surface area (Å²) >= 11 is 0. The minimum Gasteiger partial charge on any atom is -0.493 e. The summed E-state index contributed by atoms with van der Waals surface area (Å²) in [5.41, 5.74) is 5.09. The van der Waals surface area contributed by atoms with E-state index in [2.05, 4.69) is 10.9 Å². The third-order valence-electron chi connectivity index (χ3n) is 4.00. The highest BCUT2D eigenvalue weighted by molar-refractivity contribution is 5.97. The highest BCUT2D eigenvalue weighted by Crippen LogP contribution is 2.20. The largest absolute Gasteiger partial charge is 0.493 e. The van der Waals surface area contributed by atoms with E-state index in [1.807, 2.05) is 43.3 Å². The van der Waals surface area contributed by atoms with E-state index in [0.717, 1.165) is 17.2 Å². The fourth-order valence-electron chi connectivity index (χ4n) is 2.63. The van der Waals surface area contributed by atoms with Crippen LogP contribution in [0.15, 0.2) is 66.7 Å². The van der Waals surface area contributed by atoms with Crippen LogP contribution in [0, 0.1) is 0 Å². The van der Waals surface area contributed by atoms with Gasteiger partial charge in [-0.1, -0.05) is 49.4 Å². The molecule has 0 aliphatic carbocycles. The second-order valence-corrected chi connectivity index (χ2v) is 6.14. The predicted octanol–water partition coefficient (Wildman–Crippen LogP) is 3.47. The molecule has 3 aromatic carbocycles. The number of hydrogen-bond acceptors (Lipinski definition) is 4. The Morgan fingerprint density at radius 3 is 2.43 bits per heavy atom. The molecule has 0 aliphatic rings. The smallest absolute Gasteiger partial charge is 0.276 e. The number of carbonyl (C=O) groups is 2. The van der Waals surface area contributed by atoms with Gasteiger partial charge in [-0.15, -0.1) is 0 Å². The van der Waals surface area contributed by atoms with Gasteiger partial charge in [0.15, 0.2) is 6.61 Å². The number of fused-ring (bicyclic) bond motifs is 1. The molecule has 0 saturated carbocycles. The van der Waals surface area contributed by atoms with Gasteiger partial charge in [0.1, 0.15) is 11.5 Å². The van der Waals surface area contributed by atoms with Crippen LogP contribution in [-0.2, 0) is 4.79 Å². The number of amides is 2. The highest BCUT2D eigenvalue weighted by atomic mass is 16.5. The molecule has 0 fully saturated rings. The molecule has 28 heavy (non-hydrogen) atoms. The molecule has 0 heterocycles. The number of carbonyl (C=O) groups excluding carboxylic acids is 2. The standard InChI is InChI=1S/C22H22N2O4/c1-2-13-27-20-10-6-5-9-19(20)22(26)24-23-21(25)15-28-18-12-11-16-7-3-4-8-17(16)14-18/h3-12,14H,2,13,15H2,1H3,(H,23,25)(H,24,26). The van der Waals surface area contributed by atoms with Crippen LogP contribution in [0.4, 0.5) is 0 Å². The van der Waals surface area contributed by atoms with Crippen LogP contribution in [-0.4, -0.2) is 25.0 Å². The minimum atomic E-state index is -0.464. The van der Waals surface area contributed by atoms with Gasteiger partial charge < -0.3 is 9.47 Å². The monoisotopic (exact) mass is 378 g/mol. The van der Waals surface area contributed by atoms with Crippen LogP contribution in [0.1, 0.15) is 23.7 Å². The molecule has 6 nitrogen and oxygen atoms in total. The van der Waals surface area contributed by atoms with Crippen LogP contribution in [0.25, 0.3) is 10.8 Å². The first-order valence-electron chi connectivity index (χ1n) is 9.10. The third-order valence-corrected chi connectivity index (χ3v) is 4.00. The number of hydrogen-bond donors (Lipinski definition) is 2. The maximum Gasteiger partial charge on any atom is 0.276 e. The topological polar surface area (TPSA) is 76.7 Å². The van der Waals surface area contributed by atoms with Crippen molar-refractivity contribution in [1.29, 1.82) is 0 Å². The van der Waals surface area contributed by atoms with E-state index in [1.54, 1.807) is 30.3 Å². The molecule has 6 heteroatoms. The van der Waals surface area contributed by atoms with E-state index in [9.17, 15) is 9.59 Å². The Hall–Kier alpha value is -3.54. The molecule has 0 spiro atoms. The molecule has 0 unspecified atom stereocenters. The van der Waals surface area contributed by atoms with E-state index in [0.29, 0.717) is 23.7 Å². The maximum absolute atomic E-state index is 12.3. The minimum absolute atomic E-state index is 0.216. The van der Waals surface area contributed by atoms with Crippen molar-refractivity contribution in [2.45, 2.75) is 13.3 Å². The zero-order valence-corrected chi connectivity index (χ0v) is 15.6. The van der Waals surface area contributed by atoms with Crippen molar-refractivity contribution in [3.05, 3.63) is 72.3 Å². The Balaban J connectivity index is 1.52. The first-order chi connectivity index (χ1) is 13.7. The molecule has 2 amide bonds. The van der Waals surface area contributed by atoms with E-state index in [4.69, 9.17) is 9.47 Å². The predicted molar refractivity (Wildman–Crippen MR) is 107 cm³/mol. The lowest BCUT2D eigenvalue weighted by molar-refractivity contribution is -0.123. The van der Waals surface area contributed by atoms with Gasteiger partial charge >= 0.3 is 0 Å². The molecule has 0 saturated heterocycles. The number of ether oxygens (including phenoxy) is 2. The van der Waals surface area contributed by atoms with Crippen LogP contribution < -0.4 is 20.3 Å². The molecule has 0 aliphatic heterocycles. The fourth-order valence-corrected chi connectivity index (χ4v) is 2.63. The molecule has 0 radical (unpaired) electrons. The normalized spacial score (nSPS) is 10.3. The summed E-state index contributed by atoms with van der Waals surface area (Å²) in [6, 6.07) is 20.4. The Kier molecular flexibility index (Phi) is 6.46. The van der Waals surface area contributed by atoms with Crippen molar-refractivity contribution in [2.75, 3.05) is 13.2 Å². The van der Waals surface area contributed by atoms with Crippen molar-refractivity contribution in [1.82, 2.24) is 10.9 Å². The summed E-state index contributed by atoms with van der Waals surface area (Å²) in [6.07, 6.45) is 0.832. The second-order valence-electron chi connectivity index (χ2n) is 6.14. The van der Waals surface area contributed by atoms with Gasteiger partial charge in [0.05, 0.1) is 12.2 Å². The zero-order chi connectivity index (χ0) is 19.8. The lowest BCUT2D eigenvalue weighted by Gasteiger charge is -2.12. The lowest BCUT2D eigenvalue weighted by atomic mass is 10.1. The summed E-state index contributed by atoms with van der Waals surface area (Å²) in [6.45, 7) is 2.28. The second kappa shape index (κ2) is 9.41. The van der Waals surface area contributed by atoms with Gasteiger partial charge in [0.25, 0.3) is 11.8 Å². The number of benzene rings is 3. The zero-order valence-electron chi connectivity index (χ0n) is 15.6. The fraction of sp³-hybridized carbons (Fsp3) is 0.182. The summed E-state index contributed by atoms with van der Waals surface area (Å²) in [4.78, 5) is 24.3. The summed E-state index contributed by atoms with van der Waals surface area (Å²) in [7, 11) is 0. The van der Waals surface area contributed by atoms with Gasteiger partial charge in [-0.25, -0.2) is 0 Å². The van der Waals surface area contributed by atoms with Gasteiger partial charge in [0, 0.05) is 0 Å². The third kappa shape index (κ3) is 5.01. The Bertz CT molecular complexity index is 971. The Labute approximate surface area is 163 Å². The first-order valence-corrected chi connectivity index (χ1v) is 9.10. The van der Waals surface area contributed by atoms with Gasteiger partial charge in [-0.2, -0.15) is 0 Å². The van der Waals surface area contributed by atoms with Gasteiger partial charge in [0.2, 0.25) is 0 Å². The quantitative estimate of drug-likeness (QED) is 0.617. The number of para-hydroxylation sites is 1. The number of nitrogens with one attached hydrogen (secondary N) is 2. The van der Waals surface area contributed by atoms with Crippen molar-refractivity contribution in [3.63, 3.8) is 0 Å². The van der Waals surface area contributed by atoms with Crippen LogP contribution in [0.5, 0.6) is 11.5 Å². The lowest BCUT2D eigenvalue weighted by Crippen LogP contribution is -2.43. The molecular weight excluding hydrogens is 356 g/mol. The molecule has 0 bridgehead atoms. The molecule has 3 aromatic rings. The van der Waals surface area contributed by atoms with Crippen LogP contribution in [0.2, 0.25) is 0 Å². The number of rotatable bonds is 7. The maximum atomic E-state index is 12.3. The van der Waals surface area contributed by atoms with Crippen LogP contribution in [0.3, 0.4) is 0 Å². The van der Waals surface area contributed by atoms with Gasteiger partial charge in [-0.3, -0.25) is 20.4 Å². The Morgan fingerprint density at radius 1 is 0.857 bits per heavy atom. The average Bonchev–Trinajstić information content (AvgIpc) is 2.74. The van der Waals surface area contributed by atoms with Crippen molar-refractivity contribution in [2.24, 2.45) is 0 Å². The summed E-state index contributed by atoms with van der Waals surface area (Å²) in [5.74, 6) is 0.140. The summed E-state index contributed by atoms with van der Waals surface area (Å²) < 4.78 is 11.1. The van der Waals surface area contributed by atoms with E-state index < -0.39 is 11.8 Å². The molecule has 3 rings (SSSR count). The average molecular weight is 378 g/mol. The molecule has 0 aromatic heterocycles. The first kappa shape index (κ1) is 19.2. The Morgan fingerprint density at radius 2 is 1.61 bits per heavy atom. The molecule has 2 N–H and O–H groups in total. The SMILES string of the molecule is CCCOc1ccccc1C(=O)NNC(=O)COc1ccc2ccccc2c1. The van der Waals surface area contributed by atoms with E-state index in [1.165, 1.54) is 0 Å². The summed E-state index contributed by atoms with van der Waals surface area (Å²) in [5, 5.41) is 2.12. The van der Waals surface area contributed by atoms with E-state index in [-0.39, 0.29) is 6.61 Å². The van der Waals surface area contributed by atoms with Crippen LogP contribution >= 0.6 is 0 Å². The molecule has 144 valence electrons.